The minimum atomic E-state index is -0.873. The standard InChI is InChI=1S/C30H26N2O6S/c1-16(2)17-4-6-18(7-5-17)26-25(27(33)19-8-11-22-23(14-19)38-13-12-37-22)28(34)29(35)32(26)30-31-21-10-9-20(36-3)15-24(21)39-30/h4-11,14-16,26,33H,12-13H2,1-3H3/b27-25-. The molecule has 2 aliphatic heterocycles. The second-order valence-electron chi connectivity index (χ2n) is 9.68. The summed E-state index contributed by atoms with van der Waals surface area (Å²) in [5.41, 5.74) is 2.84. The monoisotopic (exact) mass is 542 g/mol. The number of hydrogen-bond donors (Lipinski definition) is 1. The predicted molar refractivity (Wildman–Crippen MR) is 149 cm³/mol. The van der Waals surface area contributed by atoms with Crippen LogP contribution in [0.3, 0.4) is 0 Å². The van der Waals surface area contributed by atoms with Gasteiger partial charge in [-0.25, -0.2) is 4.98 Å². The average Bonchev–Trinajstić information content (AvgIpc) is 3.49. The van der Waals surface area contributed by atoms with Gasteiger partial charge in [-0.1, -0.05) is 49.4 Å². The largest absolute Gasteiger partial charge is 0.507 e. The minimum absolute atomic E-state index is 0.00851. The number of anilines is 1. The summed E-state index contributed by atoms with van der Waals surface area (Å²) in [6, 6.07) is 17.3. The van der Waals surface area contributed by atoms with Crippen molar-refractivity contribution in [3.63, 3.8) is 0 Å². The van der Waals surface area contributed by atoms with Gasteiger partial charge in [-0.15, -0.1) is 0 Å². The van der Waals surface area contributed by atoms with E-state index >= 15 is 0 Å². The smallest absolute Gasteiger partial charge is 0.301 e. The molecular formula is C30H26N2O6S. The topological polar surface area (TPSA) is 98.2 Å². The number of fused-ring (bicyclic) bond motifs is 2. The van der Waals surface area contributed by atoms with Crippen LogP contribution in [-0.2, 0) is 9.59 Å². The van der Waals surface area contributed by atoms with Gasteiger partial charge in [0.2, 0.25) is 0 Å². The SMILES string of the molecule is COc1ccc2nc(N3C(=O)C(=O)/C(=C(\O)c4ccc5c(c4)OCCO5)C3c3ccc(C(C)C)cc3)sc2c1. The van der Waals surface area contributed by atoms with Gasteiger partial charge in [-0.05, 0) is 53.4 Å². The molecule has 0 aliphatic carbocycles. The molecule has 1 amide bonds. The van der Waals surface area contributed by atoms with Crippen LogP contribution < -0.4 is 19.1 Å². The van der Waals surface area contributed by atoms with Crippen LogP contribution in [0.15, 0.2) is 66.2 Å². The van der Waals surface area contributed by atoms with E-state index in [1.54, 1.807) is 31.4 Å². The number of benzene rings is 3. The molecule has 4 aromatic rings. The maximum atomic E-state index is 13.6. The Hall–Kier alpha value is -4.37. The van der Waals surface area contributed by atoms with E-state index < -0.39 is 17.7 Å². The molecule has 9 heteroatoms. The summed E-state index contributed by atoms with van der Waals surface area (Å²) < 4.78 is 17.4. The normalized spacial score (nSPS) is 18.3. The lowest BCUT2D eigenvalue weighted by atomic mass is 9.93. The highest BCUT2D eigenvalue weighted by Gasteiger charge is 2.48. The molecule has 3 aromatic carbocycles. The van der Waals surface area contributed by atoms with Crippen molar-refractivity contribution < 1.29 is 28.9 Å². The number of thiazole rings is 1. The zero-order valence-electron chi connectivity index (χ0n) is 21.6. The van der Waals surface area contributed by atoms with Crippen molar-refractivity contribution in [1.82, 2.24) is 4.98 Å². The van der Waals surface area contributed by atoms with Gasteiger partial charge in [0.05, 0.1) is 28.9 Å². The fourth-order valence-electron chi connectivity index (χ4n) is 4.88. The number of ether oxygens (including phenoxy) is 3. The van der Waals surface area contributed by atoms with Crippen LogP contribution in [0.25, 0.3) is 16.0 Å². The van der Waals surface area contributed by atoms with E-state index in [0.717, 1.165) is 10.3 Å². The van der Waals surface area contributed by atoms with E-state index in [1.807, 2.05) is 36.4 Å². The van der Waals surface area contributed by atoms with Crippen LogP contribution in [0, 0.1) is 0 Å². The number of ketones is 1. The molecule has 0 saturated carbocycles. The number of carbonyl (C=O) groups is 2. The molecule has 0 bridgehead atoms. The molecule has 39 heavy (non-hydrogen) atoms. The number of carbonyl (C=O) groups excluding carboxylic acids is 2. The number of hydrogen-bond acceptors (Lipinski definition) is 8. The van der Waals surface area contributed by atoms with Crippen LogP contribution in [0.2, 0.25) is 0 Å². The molecule has 1 N–H and O–H groups in total. The van der Waals surface area contributed by atoms with Crippen molar-refractivity contribution in [3.8, 4) is 17.2 Å². The highest BCUT2D eigenvalue weighted by Crippen LogP contribution is 2.45. The van der Waals surface area contributed by atoms with E-state index in [-0.39, 0.29) is 11.3 Å². The molecule has 0 radical (unpaired) electrons. The summed E-state index contributed by atoms with van der Waals surface area (Å²) >= 11 is 1.29. The average molecular weight is 543 g/mol. The zero-order chi connectivity index (χ0) is 27.3. The van der Waals surface area contributed by atoms with Gasteiger partial charge < -0.3 is 19.3 Å². The molecule has 1 fully saturated rings. The number of methoxy groups -OCH3 is 1. The molecule has 3 heterocycles. The number of aliphatic hydroxyl groups excluding tert-OH is 1. The lowest BCUT2D eigenvalue weighted by Crippen LogP contribution is -2.29. The van der Waals surface area contributed by atoms with Crippen LogP contribution in [0.1, 0.15) is 42.5 Å². The van der Waals surface area contributed by atoms with E-state index in [2.05, 4.69) is 18.8 Å². The highest BCUT2D eigenvalue weighted by atomic mass is 32.1. The third-order valence-corrected chi connectivity index (χ3v) is 7.99. The van der Waals surface area contributed by atoms with Crippen LogP contribution in [0.5, 0.6) is 17.2 Å². The maximum absolute atomic E-state index is 13.6. The first-order valence-corrected chi connectivity index (χ1v) is 13.4. The van der Waals surface area contributed by atoms with Crippen molar-refractivity contribution in [2.45, 2.75) is 25.8 Å². The summed E-state index contributed by atoms with van der Waals surface area (Å²) in [5.74, 6) is 0.187. The van der Waals surface area contributed by atoms with Crippen LogP contribution in [0.4, 0.5) is 5.13 Å². The van der Waals surface area contributed by atoms with E-state index in [9.17, 15) is 14.7 Å². The van der Waals surface area contributed by atoms with Gasteiger partial charge in [0.25, 0.3) is 5.78 Å². The van der Waals surface area contributed by atoms with Crippen LogP contribution in [-0.4, -0.2) is 42.1 Å². The molecule has 198 valence electrons. The molecule has 6 rings (SSSR count). The quantitative estimate of drug-likeness (QED) is 0.193. The molecule has 1 aromatic heterocycles. The summed E-state index contributed by atoms with van der Waals surface area (Å²) in [6.07, 6.45) is 0. The highest BCUT2D eigenvalue weighted by molar-refractivity contribution is 7.22. The lowest BCUT2D eigenvalue weighted by molar-refractivity contribution is -0.132. The van der Waals surface area contributed by atoms with Gasteiger partial charge in [0, 0.05) is 5.56 Å². The lowest BCUT2D eigenvalue weighted by Gasteiger charge is -2.23. The van der Waals surface area contributed by atoms with Gasteiger partial charge >= 0.3 is 5.91 Å². The van der Waals surface area contributed by atoms with Crippen molar-refractivity contribution in [3.05, 3.63) is 82.9 Å². The first-order chi connectivity index (χ1) is 18.9. The van der Waals surface area contributed by atoms with Gasteiger partial charge in [-0.3, -0.25) is 14.5 Å². The fraction of sp³-hybridized carbons (Fsp3) is 0.233. The van der Waals surface area contributed by atoms with E-state index in [4.69, 9.17) is 14.2 Å². The second kappa shape index (κ2) is 9.74. The van der Waals surface area contributed by atoms with Crippen molar-refractivity contribution in [2.75, 3.05) is 25.2 Å². The zero-order valence-corrected chi connectivity index (χ0v) is 22.5. The molecular weight excluding hydrogens is 516 g/mol. The number of rotatable bonds is 5. The first-order valence-electron chi connectivity index (χ1n) is 12.6. The number of Topliss-reactive ketones (excluding diaryl/α,β-unsaturated/α-hetero) is 1. The van der Waals surface area contributed by atoms with Crippen molar-refractivity contribution in [2.24, 2.45) is 0 Å². The fourth-order valence-corrected chi connectivity index (χ4v) is 5.90. The van der Waals surface area contributed by atoms with E-state index in [0.29, 0.717) is 58.2 Å². The van der Waals surface area contributed by atoms with Crippen molar-refractivity contribution >= 4 is 44.1 Å². The molecule has 8 nitrogen and oxygen atoms in total. The Kier molecular flexibility index (Phi) is 6.23. The number of aromatic nitrogens is 1. The van der Waals surface area contributed by atoms with Gasteiger partial charge in [0.1, 0.15) is 24.7 Å². The Morgan fingerprint density at radius 2 is 1.77 bits per heavy atom. The third-order valence-electron chi connectivity index (χ3n) is 6.97. The number of aliphatic hydroxyl groups is 1. The molecule has 0 spiro atoms. The Labute approximate surface area is 229 Å². The molecule has 2 aliphatic rings. The summed E-state index contributed by atoms with van der Waals surface area (Å²) in [4.78, 5) is 33.2. The van der Waals surface area contributed by atoms with Crippen LogP contribution >= 0.6 is 11.3 Å². The Balaban J connectivity index is 1.52. The Bertz CT molecular complexity index is 1640. The Morgan fingerprint density at radius 3 is 2.49 bits per heavy atom. The summed E-state index contributed by atoms with van der Waals surface area (Å²) in [7, 11) is 1.58. The second-order valence-corrected chi connectivity index (χ2v) is 10.7. The van der Waals surface area contributed by atoms with Gasteiger partial charge in [-0.2, -0.15) is 0 Å². The number of amides is 1. The molecule has 1 unspecified atom stereocenters. The molecule has 1 saturated heterocycles. The Morgan fingerprint density at radius 1 is 1.03 bits per heavy atom. The van der Waals surface area contributed by atoms with E-state index in [1.165, 1.54) is 16.2 Å². The number of nitrogens with zero attached hydrogens (tertiary/aromatic N) is 2. The third kappa shape index (κ3) is 4.28. The summed E-state index contributed by atoms with van der Waals surface area (Å²) in [6.45, 7) is 5.01. The van der Waals surface area contributed by atoms with Gasteiger partial charge in [0.15, 0.2) is 16.6 Å². The van der Waals surface area contributed by atoms with Crippen molar-refractivity contribution in [1.29, 1.82) is 0 Å². The summed E-state index contributed by atoms with van der Waals surface area (Å²) in [5, 5.41) is 11.9. The maximum Gasteiger partial charge on any atom is 0.301 e. The molecule has 1 atom stereocenters. The predicted octanol–water partition coefficient (Wildman–Crippen LogP) is 5.83. The first kappa shape index (κ1) is 24.9. The minimum Gasteiger partial charge on any atom is -0.507 e.